The van der Waals surface area contributed by atoms with Crippen molar-refractivity contribution in [2.75, 3.05) is 18.4 Å². The van der Waals surface area contributed by atoms with Gasteiger partial charge in [0, 0.05) is 12.2 Å². The Morgan fingerprint density at radius 2 is 2.09 bits per heavy atom. The maximum atomic E-state index is 11.9. The number of aliphatic hydroxyl groups is 1. The average molecular weight is 328 g/mol. The van der Waals surface area contributed by atoms with Crippen LogP contribution in [-0.4, -0.2) is 36.4 Å². The summed E-state index contributed by atoms with van der Waals surface area (Å²) in [6.07, 6.45) is 3.62. The van der Waals surface area contributed by atoms with Gasteiger partial charge in [-0.05, 0) is 43.5 Å². The Morgan fingerprint density at radius 3 is 2.73 bits per heavy atom. The Morgan fingerprint density at radius 1 is 1.36 bits per heavy atom. The van der Waals surface area contributed by atoms with Gasteiger partial charge in [-0.25, -0.2) is 4.79 Å². The van der Waals surface area contributed by atoms with E-state index in [1.165, 1.54) is 18.4 Å². The van der Waals surface area contributed by atoms with Crippen molar-refractivity contribution in [2.24, 2.45) is 0 Å². The molecule has 6 heteroatoms. The zero-order chi connectivity index (χ0) is 15.1. The fourth-order valence-corrected chi connectivity index (χ4v) is 2.46. The van der Waals surface area contributed by atoms with Gasteiger partial charge in [-0.3, -0.25) is 0 Å². The molecule has 2 atom stereocenters. The highest BCUT2D eigenvalue weighted by molar-refractivity contribution is 5.89. The van der Waals surface area contributed by atoms with Gasteiger partial charge in [-0.15, -0.1) is 12.4 Å². The van der Waals surface area contributed by atoms with E-state index in [1.54, 1.807) is 0 Å². The second-order valence-corrected chi connectivity index (χ2v) is 5.57. The molecule has 0 aromatic heterocycles. The number of urea groups is 1. The molecule has 5 nitrogen and oxygen atoms in total. The Labute approximate surface area is 138 Å². The van der Waals surface area contributed by atoms with Gasteiger partial charge in [0.2, 0.25) is 0 Å². The smallest absolute Gasteiger partial charge is 0.319 e. The number of piperidine rings is 1. The van der Waals surface area contributed by atoms with E-state index in [0.717, 1.165) is 18.7 Å². The summed E-state index contributed by atoms with van der Waals surface area (Å²) in [5.74, 6) is 0. The van der Waals surface area contributed by atoms with Crippen LogP contribution in [0.15, 0.2) is 24.3 Å². The number of amides is 2. The zero-order valence-electron chi connectivity index (χ0n) is 13.0. The molecule has 1 heterocycles. The minimum Gasteiger partial charge on any atom is -0.391 e. The lowest BCUT2D eigenvalue weighted by molar-refractivity contribution is 0.103. The van der Waals surface area contributed by atoms with E-state index in [1.807, 2.05) is 24.3 Å². The van der Waals surface area contributed by atoms with Crippen molar-refractivity contribution in [3.05, 3.63) is 29.8 Å². The van der Waals surface area contributed by atoms with Gasteiger partial charge in [-0.1, -0.05) is 25.5 Å². The van der Waals surface area contributed by atoms with Gasteiger partial charge in [0.15, 0.2) is 0 Å². The van der Waals surface area contributed by atoms with Crippen molar-refractivity contribution < 1.29 is 9.90 Å². The molecule has 1 aliphatic heterocycles. The van der Waals surface area contributed by atoms with Crippen LogP contribution < -0.4 is 16.0 Å². The van der Waals surface area contributed by atoms with Crippen LogP contribution in [0.1, 0.15) is 31.7 Å². The average Bonchev–Trinajstić information content (AvgIpc) is 2.49. The van der Waals surface area contributed by atoms with Crippen molar-refractivity contribution in [1.29, 1.82) is 0 Å². The standard InChI is InChI=1S/C16H25N3O2.ClH/c1-2-3-4-12-5-7-13(8-6-12)18-16(21)19-14-11-17-10-9-15(14)20;/h5-8,14-15,17,20H,2-4,9-11H2,1H3,(H2,18,19,21);1H/t14-,15+;/m0./s1. The normalized spacial score (nSPS) is 20.8. The topological polar surface area (TPSA) is 73.4 Å². The summed E-state index contributed by atoms with van der Waals surface area (Å²) < 4.78 is 0. The Balaban J connectivity index is 0.00000242. The molecule has 0 saturated carbocycles. The lowest BCUT2D eigenvalue weighted by atomic mass is 10.0. The van der Waals surface area contributed by atoms with Crippen LogP contribution >= 0.6 is 12.4 Å². The molecule has 0 spiro atoms. The minimum absolute atomic E-state index is 0. The van der Waals surface area contributed by atoms with Crippen LogP contribution in [0.2, 0.25) is 0 Å². The third-order valence-corrected chi connectivity index (χ3v) is 3.79. The number of nitrogens with one attached hydrogen (secondary N) is 3. The first-order chi connectivity index (χ1) is 10.2. The van der Waals surface area contributed by atoms with Gasteiger partial charge < -0.3 is 21.1 Å². The number of aliphatic hydroxyl groups excluding tert-OH is 1. The maximum Gasteiger partial charge on any atom is 0.319 e. The van der Waals surface area contributed by atoms with Crippen LogP contribution in [0.5, 0.6) is 0 Å². The number of carbonyl (C=O) groups is 1. The first-order valence-corrected chi connectivity index (χ1v) is 7.74. The molecule has 124 valence electrons. The van der Waals surface area contributed by atoms with Crippen molar-refractivity contribution >= 4 is 24.1 Å². The summed E-state index contributed by atoms with van der Waals surface area (Å²) in [6.45, 7) is 3.57. The van der Waals surface area contributed by atoms with Crippen LogP contribution in [0, 0.1) is 0 Å². The first kappa shape index (κ1) is 18.7. The Bertz CT molecular complexity index is 453. The number of rotatable bonds is 5. The molecule has 0 aliphatic carbocycles. The van der Waals surface area contributed by atoms with Crippen molar-refractivity contribution in [3.63, 3.8) is 0 Å². The van der Waals surface area contributed by atoms with Crippen molar-refractivity contribution in [2.45, 2.75) is 44.8 Å². The fourth-order valence-electron chi connectivity index (χ4n) is 2.46. The number of hydrogen-bond acceptors (Lipinski definition) is 3. The van der Waals surface area contributed by atoms with Crippen molar-refractivity contribution in [1.82, 2.24) is 10.6 Å². The number of hydrogen-bond donors (Lipinski definition) is 4. The Hall–Kier alpha value is -1.30. The van der Waals surface area contributed by atoms with Crippen LogP contribution in [0.25, 0.3) is 0 Å². The predicted molar refractivity (Wildman–Crippen MR) is 91.7 cm³/mol. The molecule has 1 aromatic carbocycles. The number of unbranched alkanes of at least 4 members (excludes halogenated alkanes) is 1. The van der Waals surface area contributed by atoms with E-state index >= 15 is 0 Å². The lowest BCUT2D eigenvalue weighted by Crippen LogP contribution is -2.54. The molecule has 0 bridgehead atoms. The highest BCUT2D eigenvalue weighted by Crippen LogP contribution is 2.12. The van der Waals surface area contributed by atoms with Gasteiger partial charge in [0.1, 0.15) is 0 Å². The summed E-state index contributed by atoms with van der Waals surface area (Å²) in [5.41, 5.74) is 2.06. The number of aryl methyl sites for hydroxylation is 1. The maximum absolute atomic E-state index is 11.9. The third-order valence-electron chi connectivity index (χ3n) is 3.79. The molecular formula is C16H26ClN3O2. The SMILES string of the molecule is CCCCc1ccc(NC(=O)N[C@H]2CNCC[C@H]2O)cc1.Cl. The molecule has 0 radical (unpaired) electrons. The van der Waals surface area contributed by atoms with Gasteiger partial charge in [-0.2, -0.15) is 0 Å². The molecular weight excluding hydrogens is 302 g/mol. The first-order valence-electron chi connectivity index (χ1n) is 7.74. The molecule has 22 heavy (non-hydrogen) atoms. The number of halogens is 1. The summed E-state index contributed by atoms with van der Waals surface area (Å²) in [7, 11) is 0. The van der Waals surface area contributed by atoms with E-state index in [-0.39, 0.29) is 24.5 Å². The van der Waals surface area contributed by atoms with Gasteiger partial charge >= 0.3 is 6.03 Å². The quantitative estimate of drug-likeness (QED) is 0.670. The van der Waals surface area contributed by atoms with E-state index in [9.17, 15) is 9.90 Å². The molecule has 0 unspecified atom stereocenters. The molecule has 1 saturated heterocycles. The van der Waals surface area contributed by atoms with Crippen LogP contribution in [0.3, 0.4) is 0 Å². The molecule has 2 amide bonds. The lowest BCUT2D eigenvalue weighted by Gasteiger charge is -2.29. The highest BCUT2D eigenvalue weighted by Gasteiger charge is 2.24. The summed E-state index contributed by atoms with van der Waals surface area (Å²) in [6, 6.07) is 7.41. The molecule has 1 fully saturated rings. The van der Waals surface area contributed by atoms with Gasteiger partial charge in [0.25, 0.3) is 0 Å². The van der Waals surface area contributed by atoms with E-state index < -0.39 is 6.10 Å². The predicted octanol–water partition coefficient (Wildman–Crippen LogP) is 2.30. The van der Waals surface area contributed by atoms with Crippen LogP contribution in [-0.2, 0) is 6.42 Å². The summed E-state index contributed by atoms with van der Waals surface area (Å²) in [5, 5.41) is 18.6. The Kier molecular flexibility index (Phi) is 8.24. The van der Waals surface area contributed by atoms with Gasteiger partial charge in [0.05, 0.1) is 12.1 Å². The van der Waals surface area contributed by atoms with Crippen LogP contribution in [0.4, 0.5) is 10.5 Å². The second kappa shape index (κ2) is 9.66. The zero-order valence-corrected chi connectivity index (χ0v) is 13.8. The molecule has 1 aromatic rings. The monoisotopic (exact) mass is 327 g/mol. The molecule has 2 rings (SSSR count). The van der Waals surface area contributed by atoms with E-state index in [4.69, 9.17) is 0 Å². The van der Waals surface area contributed by atoms with E-state index in [0.29, 0.717) is 13.0 Å². The fraction of sp³-hybridized carbons (Fsp3) is 0.562. The highest BCUT2D eigenvalue weighted by atomic mass is 35.5. The number of carbonyl (C=O) groups excluding carboxylic acids is 1. The molecule has 1 aliphatic rings. The third kappa shape index (κ3) is 5.83. The second-order valence-electron chi connectivity index (χ2n) is 5.57. The van der Waals surface area contributed by atoms with E-state index in [2.05, 4.69) is 22.9 Å². The summed E-state index contributed by atoms with van der Waals surface area (Å²) in [4.78, 5) is 11.9. The summed E-state index contributed by atoms with van der Waals surface area (Å²) >= 11 is 0. The van der Waals surface area contributed by atoms with Crippen molar-refractivity contribution in [3.8, 4) is 0 Å². The number of benzene rings is 1. The minimum atomic E-state index is -0.478. The largest absolute Gasteiger partial charge is 0.391 e. The number of anilines is 1. The molecule has 4 N–H and O–H groups in total.